The minimum atomic E-state index is -1.20. The Labute approximate surface area is 223 Å². The Morgan fingerprint density at radius 3 is 2.39 bits per heavy atom. The summed E-state index contributed by atoms with van der Waals surface area (Å²) >= 11 is 0. The quantitative estimate of drug-likeness (QED) is 0.515. The molecule has 3 aliphatic rings. The maximum absolute atomic E-state index is 14.4. The maximum atomic E-state index is 14.4. The van der Waals surface area contributed by atoms with Crippen LogP contribution in [0.3, 0.4) is 0 Å². The summed E-state index contributed by atoms with van der Waals surface area (Å²) in [5.74, 6) is -2.90. The van der Waals surface area contributed by atoms with Gasteiger partial charge >= 0.3 is 5.97 Å². The molecule has 0 aliphatic carbocycles. The number of nitrogens with zero attached hydrogens (tertiary/aromatic N) is 1. The van der Waals surface area contributed by atoms with Crippen molar-refractivity contribution in [1.29, 1.82) is 0 Å². The molecule has 5 rings (SSSR count). The van der Waals surface area contributed by atoms with Gasteiger partial charge in [0.05, 0.1) is 30.8 Å². The fourth-order valence-corrected chi connectivity index (χ4v) is 7.11. The molecule has 0 radical (unpaired) electrons. The normalized spacial score (nSPS) is 30.3. The molecular weight excluding hydrogens is 484 g/mol. The summed E-state index contributed by atoms with van der Waals surface area (Å²) in [6.45, 7) is 7.33. The number of esters is 1. The lowest BCUT2D eigenvalue weighted by Crippen LogP contribution is -2.54. The molecule has 0 saturated carbocycles. The average molecular weight is 521 g/mol. The van der Waals surface area contributed by atoms with E-state index < -0.39 is 41.1 Å². The smallest absolute Gasteiger partial charge is 0.312 e. The number of carbonyl (C=O) groups is 3. The van der Waals surface area contributed by atoms with Crippen molar-refractivity contribution >= 4 is 23.5 Å². The highest BCUT2D eigenvalue weighted by molar-refractivity contribution is 6.04. The number of aliphatic hydroxyl groups excluding tert-OH is 1. The van der Waals surface area contributed by atoms with Crippen LogP contribution in [0.4, 0.5) is 5.69 Å². The number of hydrogen-bond donors (Lipinski definition) is 2. The third-order valence-electron chi connectivity index (χ3n) is 8.83. The highest BCUT2D eigenvalue weighted by Crippen LogP contribution is 2.65. The molecule has 2 aromatic rings. The zero-order chi connectivity index (χ0) is 27.2. The summed E-state index contributed by atoms with van der Waals surface area (Å²) in [5, 5.41) is 13.6. The van der Waals surface area contributed by atoms with Crippen molar-refractivity contribution in [2.75, 3.05) is 18.5 Å². The Bertz CT molecular complexity index is 1230. The lowest BCUT2D eigenvalue weighted by molar-refractivity contribution is -0.161. The predicted molar refractivity (Wildman–Crippen MR) is 141 cm³/mol. The van der Waals surface area contributed by atoms with Crippen molar-refractivity contribution in [3.63, 3.8) is 0 Å². The number of amides is 2. The van der Waals surface area contributed by atoms with E-state index >= 15 is 0 Å². The number of likely N-dealkylation sites (tertiary alicyclic amines) is 1. The molecule has 2 amide bonds. The Hall–Kier alpha value is -3.23. The van der Waals surface area contributed by atoms with Crippen LogP contribution >= 0.6 is 0 Å². The Morgan fingerprint density at radius 2 is 1.79 bits per heavy atom. The zero-order valence-corrected chi connectivity index (χ0v) is 22.4. The summed E-state index contributed by atoms with van der Waals surface area (Å²) < 4.78 is 12.2. The van der Waals surface area contributed by atoms with Crippen LogP contribution in [0.15, 0.2) is 48.5 Å². The number of carbonyl (C=O) groups excluding carboxylic acids is 3. The highest BCUT2D eigenvalue weighted by atomic mass is 16.6. The Balaban J connectivity index is 1.64. The summed E-state index contributed by atoms with van der Waals surface area (Å²) in [6, 6.07) is 13.1. The monoisotopic (exact) mass is 520 g/mol. The van der Waals surface area contributed by atoms with E-state index in [0.717, 1.165) is 11.1 Å². The largest absolute Gasteiger partial charge is 0.466 e. The second-order valence-electron chi connectivity index (χ2n) is 10.7. The number of fused-ring (bicyclic) bond motifs is 1. The van der Waals surface area contributed by atoms with Gasteiger partial charge in [0.15, 0.2) is 0 Å². The van der Waals surface area contributed by atoms with E-state index in [1.165, 1.54) is 4.90 Å². The number of benzene rings is 2. The molecule has 3 saturated heterocycles. The molecule has 2 N–H and O–H groups in total. The first kappa shape index (κ1) is 26.4. The van der Waals surface area contributed by atoms with Crippen LogP contribution in [-0.2, 0) is 23.9 Å². The molecule has 3 aliphatic heterocycles. The Kier molecular flexibility index (Phi) is 6.82. The van der Waals surface area contributed by atoms with Gasteiger partial charge in [0.25, 0.3) is 0 Å². The van der Waals surface area contributed by atoms with Crippen LogP contribution < -0.4 is 5.32 Å². The average Bonchev–Trinajstić information content (AvgIpc) is 3.51. The Morgan fingerprint density at radius 1 is 1.11 bits per heavy atom. The number of rotatable bonds is 8. The fraction of sp³-hybridized carbons (Fsp3) is 0.500. The highest BCUT2D eigenvalue weighted by Gasteiger charge is 2.79. The second kappa shape index (κ2) is 9.82. The number of para-hydroxylation sites is 1. The maximum Gasteiger partial charge on any atom is 0.312 e. The molecule has 2 aromatic carbocycles. The third kappa shape index (κ3) is 3.76. The molecule has 2 unspecified atom stereocenters. The lowest BCUT2D eigenvalue weighted by Gasteiger charge is -2.37. The molecule has 3 heterocycles. The van der Waals surface area contributed by atoms with E-state index in [0.29, 0.717) is 30.5 Å². The standard InChI is InChI=1S/C30H36N2O6/c1-5-29-15-16-30(38-29)22(23(29)28(36)37-6-2)27(35)32(21(17-33)20-13-8-7-9-14-20)25(30)26(34)31-24-18(3)11-10-12-19(24)4/h7-14,21-23,25,33H,5-6,15-17H2,1-4H3,(H,31,34)/t21-,22+,23-,25?,29+,30?/m1/s1. The summed E-state index contributed by atoms with van der Waals surface area (Å²) in [5.41, 5.74) is 1.12. The molecule has 38 heavy (non-hydrogen) atoms. The molecule has 0 aromatic heterocycles. The number of aryl methyl sites for hydroxylation is 2. The van der Waals surface area contributed by atoms with Crippen molar-refractivity contribution in [3.8, 4) is 0 Å². The minimum absolute atomic E-state index is 0.187. The summed E-state index contributed by atoms with van der Waals surface area (Å²) in [7, 11) is 0. The van der Waals surface area contributed by atoms with E-state index in [2.05, 4.69) is 5.32 Å². The molecule has 3 fully saturated rings. The van der Waals surface area contributed by atoms with Crippen LogP contribution in [0.2, 0.25) is 0 Å². The number of aliphatic hydroxyl groups is 1. The first-order valence-corrected chi connectivity index (χ1v) is 13.5. The van der Waals surface area contributed by atoms with Crippen molar-refractivity contribution in [3.05, 3.63) is 65.2 Å². The second-order valence-corrected chi connectivity index (χ2v) is 10.7. The fourth-order valence-electron chi connectivity index (χ4n) is 7.11. The molecular formula is C30H36N2O6. The number of anilines is 1. The van der Waals surface area contributed by atoms with Gasteiger partial charge in [-0.25, -0.2) is 0 Å². The number of ether oxygens (including phenoxy) is 2. The van der Waals surface area contributed by atoms with Crippen LogP contribution in [0.25, 0.3) is 0 Å². The van der Waals surface area contributed by atoms with Crippen molar-refractivity contribution in [2.24, 2.45) is 11.8 Å². The molecule has 6 atom stereocenters. The first-order valence-electron chi connectivity index (χ1n) is 13.5. The SMILES string of the molecule is CCOC(=O)[C@H]1[C@H]2C(=O)N([C@H](CO)c3ccccc3)C(C(=O)Nc3c(C)cccc3C)C23CC[C@]1(CC)O3. The van der Waals surface area contributed by atoms with Gasteiger partial charge in [0.1, 0.15) is 17.6 Å². The van der Waals surface area contributed by atoms with Gasteiger partial charge < -0.3 is 24.8 Å². The lowest BCUT2D eigenvalue weighted by atomic mass is 9.65. The van der Waals surface area contributed by atoms with E-state index in [1.54, 1.807) is 6.92 Å². The van der Waals surface area contributed by atoms with Gasteiger partial charge in [-0.05, 0) is 56.7 Å². The van der Waals surface area contributed by atoms with Crippen molar-refractivity contribution < 1.29 is 29.0 Å². The van der Waals surface area contributed by atoms with E-state index in [1.807, 2.05) is 69.3 Å². The number of hydrogen-bond acceptors (Lipinski definition) is 6. The van der Waals surface area contributed by atoms with Gasteiger partial charge in [-0.1, -0.05) is 55.5 Å². The zero-order valence-electron chi connectivity index (χ0n) is 22.4. The summed E-state index contributed by atoms with van der Waals surface area (Å²) in [6.07, 6.45) is 1.53. The predicted octanol–water partition coefficient (Wildman–Crippen LogP) is 3.69. The first-order chi connectivity index (χ1) is 18.2. The van der Waals surface area contributed by atoms with Gasteiger partial charge in [-0.2, -0.15) is 0 Å². The van der Waals surface area contributed by atoms with E-state index in [-0.39, 0.29) is 25.0 Å². The third-order valence-corrected chi connectivity index (χ3v) is 8.83. The van der Waals surface area contributed by atoms with E-state index in [9.17, 15) is 19.5 Å². The summed E-state index contributed by atoms with van der Waals surface area (Å²) in [4.78, 5) is 43.4. The van der Waals surface area contributed by atoms with Crippen molar-refractivity contribution in [1.82, 2.24) is 4.90 Å². The van der Waals surface area contributed by atoms with Gasteiger partial charge in [-0.3, -0.25) is 14.4 Å². The minimum Gasteiger partial charge on any atom is -0.466 e. The topological polar surface area (TPSA) is 105 Å². The van der Waals surface area contributed by atoms with Gasteiger partial charge in [0, 0.05) is 5.69 Å². The molecule has 1 spiro atoms. The van der Waals surface area contributed by atoms with Crippen LogP contribution in [0.1, 0.15) is 55.8 Å². The molecule has 8 nitrogen and oxygen atoms in total. The van der Waals surface area contributed by atoms with Crippen LogP contribution in [-0.4, -0.2) is 58.2 Å². The van der Waals surface area contributed by atoms with Crippen molar-refractivity contribution in [2.45, 2.75) is 70.2 Å². The van der Waals surface area contributed by atoms with Crippen LogP contribution in [0.5, 0.6) is 0 Å². The number of nitrogens with one attached hydrogen (secondary N) is 1. The van der Waals surface area contributed by atoms with Gasteiger partial charge in [0.2, 0.25) is 11.8 Å². The van der Waals surface area contributed by atoms with E-state index in [4.69, 9.17) is 9.47 Å². The molecule has 2 bridgehead atoms. The van der Waals surface area contributed by atoms with Gasteiger partial charge in [-0.15, -0.1) is 0 Å². The molecule has 202 valence electrons. The van der Waals surface area contributed by atoms with Crippen LogP contribution in [0, 0.1) is 25.7 Å². The molecule has 8 heteroatoms.